The Morgan fingerprint density at radius 3 is 2.65 bits per heavy atom. The second-order valence-corrected chi connectivity index (χ2v) is 4.20. The first-order valence-electron chi connectivity index (χ1n) is 5.91. The number of benzene rings is 1. The molecule has 0 spiro atoms. The minimum absolute atomic E-state index is 0.316. The predicted octanol–water partition coefficient (Wildman–Crippen LogP) is 3.61. The van der Waals surface area contributed by atoms with Crippen molar-refractivity contribution in [3.05, 3.63) is 52.7 Å². The zero-order chi connectivity index (χ0) is 12.4. The van der Waals surface area contributed by atoms with Crippen LogP contribution in [0.1, 0.15) is 31.9 Å². The van der Waals surface area contributed by atoms with Gasteiger partial charge in [0.05, 0.1) is 11.4 Å². The van der Waals surface area contributed by atoms with E-state index in [1.807, 2.05) is 44.2 Å². The Morgan fingerprint density at radius 2 is 2.12 bits per heavy atom. The predicted molar refractivity (Wildman–Crippen MR) is 71.5 cm³/mol. The molecule has 2 heteroatoms. The van der Waals surface area contributed by atoms with Crippen molar-refractivity contribution < 1.29 is 5.11 Å². The van der Waals surface area contributed by atoms with E-state index in [-0.39, 0.29) is 0 Å². The molecule has 0 radical (unpaired) electrons. The lowest BCUT2D eigenvalue weighted by Gasteiger charge is -2.16. The van der Waals surface area contributed by atoms with Crippen molar-refractivity contribution in [3.63, 3.8) is 0 Å². The van der Waals surface area contributed by atoms with Crippen LogP contribution in [0.2, 0.25) is 0 Å². The number of nitrogens with zero attached hydrogens (tertiary/aromatic N) is 1. The van der Waals surface area contributed by atoms with Gasteiger partial charge in [0.25, 0.3) is 0 Å². The molecule has 0 unspecified atom stereocenters. The van der Waals surface area contributed by atoms with E-state index in [0.717, 1.165) is 29.0 Å². The van der Waals surface area contributed by atoms with Gasteiger partial charge >= 0.3 is 0 Å². The number of phenolic OH excluding ortho intramolecular Hbond substituents is 1. The number of allylic oxidation sites excluding steroid dienone is 3. The van der Waals surface area contributed by atoms with Crippen molar-refractivity contribution in [2.24, 2.45) is 4.99 Å². The summed E-state index contributed by atoms with van der Waals surface area (Å²) in [6.07, 6.45) is 4.97. The van der Waals surface area contributed by atoms with Gasteiger partial charge in [-0.25, -0.2) is 4.99 Å². The molecule has 0 aliphatic carbocycles. The molecule has 0 fully saturated rings. The molecular weight excluding hydrogens is 210 g/mol. The van der Waals surface area contributed by atoms with E-state index in [0.29, 0.717) is 5.75 Å². The SMILES string of the molecule is C/C=C(\C)C1=CC(c2ccc(CC)cc2O)=N1. The Morgan fingerprint density at radius 1 is 1.41 bits per heavy atom. The third-order valence-electron chi connectivity index (χ3n) is 3.10. The monoisotopic (exact) mass is 227 g/mol. The molecule has 17 heavy (non-hydrogen) atoms. The van der Waals surface area contributed by atoms with Crippen LogP contribution in [0.25, 0.3) is 0 Å². The first kappa shape index (κ1) is 11.6. The maximum absolute atomic E-state index is 9.92. The largest absolute Gasteiger partial charge is 0.507 e. The van der Waals surface area contributed by atoms with Gasteiger partial charge in [-0.2, -0.15) is 0 Å². The summed E-state index contributed by atoms with van der Waals surface area (Å²) in [6, 6.07) is 5.78. The molecule has 2 nitrogen and oxygen atoms in total. The summed E-state index contributed by atoms with van der Waals surface area (Å²) in [5.41, 5.74) is 4.98. The smallest absolute Gasteiger partial charge is 0.125 e. The second kappa shape index (κ2) is 4.58. The molecule has 1 heterocycles. The Labute approximate surface area is 102 Å². The molecule has 1 aromatic carbocycles. The van der Waals surface area contributed by atoms with E-state index < -0.39 is 0 Å². The van der Waals surface area contributed by atoms with Crippen molar-refractivity contribution in [2.45, 2.75) is 27.2 Å². The normalized spacial score (nSPS) is 15.1. The van der Waals surface area contributed by atoms with Crippen molar-refractivity contribution in [2.75, 3.05) is 0 Å². The van der Waals surface area contributed by atoms with Crippen LogP contribution in [-0.4, -0.2) is 10.8 Å². The molecule has 0 bridgehead atoms. The number of hydrogen-bond acceptors (Lipinski definition) is 2. The molecule has 2 rings (SSSR count). The number of hydrogen-bond donors (Lipinski definition) is 1. The van der Waals surface area contributed by atoms with Crippen LogP contribution >= 0.6 is 0 Å². The van der Waals surface area contributed by atoms with E-state index in [9.17, 15) is 5.11 Å². The van der Waals surface area contributed by atoms with E-state index in [1.54, 1.807) is 0 Å². The highest BCUT2D eigenvalue weighted by molar-refractivity contribution is 6.15. The Bertz CT molecular complexity index is 536. The fraction of sp³-hybridized carbons (Fsp3) is 0.267. The number of aromatic hydroxyl groups is 1. The summed E-state index contributed by atoms with van der Waals surface area (Å²) >= 11 is 0. The van der Waals surface area contributed by atoms with Crippen LogP contribution in [-0.2, 0) is 6.42 Å². The molecule has 0 atom stereocenters. The second-order valence-electron chi connectivity index (χ2n) is 4.20. The average Bonchev–Trinajstić information content (AvgIpc) is 2.28. The van der Waals surface area contributed by atoms with Gasteiger partial charge in [0.2, 0.25) is 0 Å². The Hall–Kier alpha value is -1.83. The third kappa shape index (κ3) is 2.16. The summed E-state index contributed by atoms with van der Waals surface area (Å²) in [6.45, 7) is 6.10. The molecule has 1 aromatic rings. The lowest BCUT2D eigenvalue weighted by atomic mass is 9.99. The summed E-state index contributed by atoms with van der Waals surface area (Å²) in [7, 11) is 0. The minimum atomic E-state index is 0.316. The first-order chi connectivity index (χ1) is 8.15. The Kier molecular flexibility index (Phi) is 3.14. The van der Waals surface area contributed by atoms with Gasteiger partial charge in [0.1, 0.15) is 5.75 Å². The molecule has 1 aliphatic heterocycles. The molecule has 0 amide bonds. The van der Waals surface area contributed by atoms with Crippen molar-refractivity contribution in [1.82, 2.24) is 0 Å². The molecular formula is C15H17NO. The van der Waals surface area contributed by atoms with Crippen LogP contribution in [0.4, 0.5) is 0 Å². The molecule has 1 aliphatic rings. The molecule has 1 N–H and O–H groups in total. The minimum Gasteiger partial charge on any atom is -0.507 e. The van der Waals surface area contributed by atoms with Gasteiger partial charge in [-0.15, -0.1) is 0 Å². The highest BCUT2D eigenvalue weighted by atomic mass is 16.3. The van der Waals surface area contributed by atoms with Crippen molar-refractivity contribution in [1.29, 1.82) is 0 Å². The molecule has 88 valence electrons. The standard InChI is InChI=1S/C15H17NO/c1-4-10(3)13-9-14(16-13)12-7-6-11(5-2)8-15(12)17/h4,6-9,17H,5H2,1-3H3/b10-4+. The van der Waals surface area contributed by atoms with Crippen LogP contribution in [0.3, 0.4) is 0 Å². The molecule has 0 aromatic heterocycles. The highest BCUT2D eigenvalue weighted by Gasteiger charge is 2.16. The van der Waals surface area contributed by atoms with Gasteiger partial charge < -0.3 is 5.11 Å². The zero-order valence-electron chi connectivity index (χ0n) is 10.5. The quantitative estimate of drug-likeness (QED) is 0.840. The number of phenols is 1. The van der Waals surface area contributed by atoms with Crippen molar-refractivity contribution >= 4 is 5.71 Å². The summed E-state index contributed by atoms with van der Waals surface area (Å²) < 4.78 is 0. The lowest BCUT2D eigenvalue weighted by Crippen LogP contribution is -2.08. The van der Waals surface area contributed by atoms with E-state index in [1.165, 1.54) is 5.57 Å². The van der Waals surface area contributed by atoms with E-state index in [4.69, 9.17) is 0 Å². The summed E-state index contributed by atoms with van der Waals surface area (Å²) in [5.74, 6) is 0.316. The molecule has 0 saturated carbocycles. The zero-order valence-corrected chi connectivity index (χ0v) is 10.5. The van der Waals surface area contributed by atoms with Crippen LogP contribution in [0.15, 0.2) is 46.6 Å². The van der Waals surface area contributed by atoms with Gasteiger partial charge in [0, 0.05) is 5.56 Å². The summed E-state index contributed by atoms with van der Waals surface area (Å²) in [4.78, 5) is 4.43. The van der Waals surface area contributed by atoms with E-state index >= 15 is 0 Å². The van der Waals surface area contributed by atoms with Gasteiger partial charge in [-0.05, 0) is 49.6 Å². The topological polar surface area (TPSA) is 32.6 Å². The van der Waals surface area contributed by atoms with Crippen LogP contribution in [0, 0.1) is 0 Å². The third-order valence-corrected chi connectivity index (χ3v) is 3.10. The first-order valence-corrected chi connectivity index (χ1v) is 5.91. The maximum atomic E-state index is 9.92. The molecule has 0 saturated heterocycles. The van der Waals surface area contributed by atoms with Crippen molar-refractivity contribution in [3.8, 4) is 5.75 Å². The lowest BCUT2D eigenvalue weighted by molar-refractivity contribution is 0.473. The average molecular weight is 227 g/mol. The summed E-state index contributed by atoms with van der Waals surface area (Å²) in [5, 5.41) is 9.92. The number of aliphatic imine (C=N–C) groups is 1. The van der Waals surface area contributed by atoms with Crippen LogP contribution in [0.5, 0.6) is 5.75 Å². The van der Waals surface area contributed by atoms with Crippen LogP contribution < -0.4 is 0 Å². The number of aryl methyl sites for hydroxylation is 1. The number of rotatable bonds is 3. The fourth-order valence-corrected chi connectivity index (χ4v) is 1.76. The Balaban J connectivity index is 2.22. The van der Waals surface area contributed by atoms with Gasteiger partial charge in [-0.1, -0.05) is 19.1 Å². The van der Waals surface area contributed by atoms with Gasteiger partial charge in [0.15, 0.2) is 0 Å². The highest BCUT2D eigenvalue weighted by Crippen LogP contribution is 2.27. The van der Waals surface area contributed by atoms with Gasteiger partial charge in [-0.3, -0.25) is 0 Å². The maximum Gasteiger partial charge on any atom is 0.125 e. The van der Waals surface area contributed by atoms with E-state index in [2.05, 4.69) is 11.9 Å². The fourth-order valence-electron chi connectivity index (χ4n) is 1.76.